The first-order chi connectivity index (χ1) is 16.3. The summed E-state index contributed by atoms with van der Waals surface area (Å²) in [4.78, 5) is 7.17. The molecule has 3 aromatic carbocycles. The molecule has 0 saturated heterocycles. The van der Waals surface area contributed by atoms with Gasteiger partial charge in [0.05, 0.1) is 5.52 Å². The van der Waals surface area contributed by atoms with Crippen molar-refractivity contribution < 1.29 is 0 Å². The standard InChI is InChI=1S/C28H21N5/c1-2-11-23(12-3-1)33(25-14-8-13-24(20-25)31-18-6-7-19-31)28-17-9-16-27(29-28)32-21-22-10-4-5-15-26(22)30-32/h1-21H. The van der Waals surface area contributed by atoms with E-state index in [1.165, 1.54) is 0 Å². The molecule has 0 spiro atoms. The summed E-state index contributed by atoms with van der Waals surface area (Å²) in [6.45, 7) is 0. The maximum atomic E-state index is 5.00. The summed E-state index contributed by atoms with van der Waals surface area (Å²) in [5.41, 5.74) is 4.11. The highest BCUT2D eigenvalue weighted by molar-refractivity contribution is 5.79. The molecule has 0 unspecified atom stereocenters. The highest BCUT2D eigenvalue weighted by Gasteiger charge is 2.15. The molecule has 0 aliphatic carbocycles. The largest absolute Gasteiger partial charge is 0.324 e. The van der Waals surface area contributed by atoms with Crippen LogP contribution in [0.25, 0.3) is 22.4 Å². The van der Waals surface area contributed by atoms with Crippen LogP contribution in [0, 0.1) is 0 Å². The van der Waals surface area contributed by atoms with Crippen LogP contribution >= 0.6 is 0 Å². The molecule has 0 atom stereocenters. The van der Waals surface area contributed by atoms with Gasteiger partial charge < -0.3 is 4.57 Å². The normalized spacial score (nSPS) is 11.0. The molecule has 0 N–H and O–H groups in total. The van der Waals surface area contributed by atoms with E-state index in [-0.39, 0.29) is 0 Å². The molecule has 0 aliphatic heterocycles. The van der Waals surface area contributed by atoms with E-state index in [2.05, 4.69) is 51.9 Å². The van der Waals surface area contributed by atoms with E-state index in [1.54, 1.807) is 0 Å². The number of para-hydroxylation sites is 1. The molecule has 3 aromatic heterocycles. The van der Waals surface area contributed by atoms with Crippen LogP contribution in [0.2, 0.25) is 0 Å². The number of fused-ring (bicyclic) bond motifs is 1. The average molecular weight is 428 g/mol. The van der Waals surface area contributed by atoms with Crippen molar-refractivity contribution >= 4 is 28.1 Å². The molecule has 6 rings (SSSR count). The Morgan fingerprint density at radius 2 is 1.39 bits per heavy atom. The smallest absolute Gasteiger partial charge is 0.155 e. The number of anilines is 3. The summed E-state index contributed by atoms with van der Waals surface area (Å²) < 4.78 is 3.94. The lowest BCUT2D eigenvalue weighted by atomic mass is 10.2. The zero-order chi connectivity index (χ0) is 22.0. The molecule has 5 nitrogen and oxygen atoms in total. The van der Waals surface area contributed by atoms with Gasteiger partial charge in [0, 0.05) is 41.0 Å². The molecule has 3 heterocycles. The van der Waals surface area contributed by atoms with E-state index < -0.39 is 0 Å². The minimum atomic E-state index is 0.770. The van der Waals surface area contributed by atoms with Gasteiger partial charge in [-0.1, -0.05) is 48.5 Å². The van der Waals surface area contributed by atoms with E-state index in [0.717, 1.165) is 39.6 Å². The fraction of sp³-hybridized carbons (Fsp3) is 0. The Morgan fingerprint density at radius 1 is 0.636 bits per heavy atom. The lowest BCUT2D eigenvalue weighted by Crippen LogP contribution is -2.13. The van der Waals surface area contributed by atoms with Crippen molar-refractivity contribution in [3.63, 3.8) is 0 Å². The second-order valence-corrected chi connectivity index (χ2v) is 7.77. The van der Waals surface area contributed by atoms with Crippen LogP contribution in [-0.2, 0) is 0 Å². The molecule has 0 radical (unpaired) electrons. The van der Waals surface area contributed by atoms with Crippen molar-refractivity contribution in [1.82, 2.24) is 19.3 Å². The van der Waals surface area contributed by atoms with E-state index >= 15 is 0 Å². The van der Waals surface area contributed by atoms with Gasteiger partial charge in [-0.15, -0.1) is 0 Å². The Labute approximate surface area is 191 Å². The van der Waals surface area contributed by atoms with Crippen molar-refractivity contribution in [2.24, 2.45) is 0 Å². The number of benzene rings is 3. The maximum absolute atomic E-state index is 5.00. The Bertz CT molecular complexity index is 1480. The molecule has 0 amide bonds. The van der Waals surface area contributed by atoms with E-state index in [1.807, 2.05) is 90.0 Å². The van der Waals surface area contributed by atoms with Crippen LogP contribution < -0.4 is 4.90 Å². The molecule has 33 heavy (non-hydrogen) atoms. The second kappa shape index (κ2) is 8.13. The molecule has 6 aromatic rings. The van der Waals surface area contributed by atoms with Gasteiger partial charge in [-0.3, -0.25) is 4.90 Å². The minimum Gasteiger partial charge on any atom is -0.324 e. The fourth-order valence-electron chi connectivity index (χ4n) is 4.04. The predicted octanol–water partition coefficient (Wildman–Crippen LogP) is 6.68. The van der Waals surface area contributed by atoms with Gasteiger partial charge >= 0.3 is 0 Å². The van der Waals surface area contributed by atoms with Crippen LogP contribution in [0.5, 0.6) is 0 Å². The molecular weight excluding hydrogens is 406 g/mol. The molecule has 0 aliphatic rings. The maximum Gasteiger partial charge on any atom is 0.155 e. The van der Waals surface area contributed by atoms with Crippen LogP contribution in [0.4, 0.5) is 17.2 Å². The second-order valence-electron chi connectivity index (χ2n) is 7.77. The van der Waals surface area contributed by atoms with Gasteiger partial charge in [0.15, 0.2) is 5.82 Å². The van der Waals surface area contributed by atoms with Crippen molar-refractivity contribution in [1.29, 1.82) is 0 Å². The van der Waals surface area contributed by atoms with Crippen LogP contribution in [0.1, 0.15) is 0 Å². The molecule has 0 saturated carbocycles. The molecular formula is C28H21N5. The number of aromatic nitrogens is 4. The number of hydrogen-bond donors (Lipinski definition) is 0. The molecule has 5 heteroatoms. The zero-order valence-electron chi connectivity index (χ0n) is 17.9. The van der Waals surface area contributed by atoms with E-state index in [0.29, 0.717) is 0 Å². The Balaban J connectivity index is 1.48. The van der Waals surface area contributed by atoms with Gasteiger partial charge in [0.1, 0.15) is 5.82 Å². The topological polar surface area (TPSA) is 38.9 Å². The highest BCUT2D eigenvalue weighted by Crippen LogP contribution is 2.34. The first-order valence-corrected chi connectivity index (χ1v) is 10.9. The lowest BCUT2D eigenvalue weighted by molar-refractivity contribution is 0.859. The summed E-state index contributed by atoms with van der Waals surface area (Å²) in [6, 6.07) is 36.9. The van der Waals surface area contributed by atoms with Crippen molar-refractivity contribution in [3.8, 4) is 11.5 Å². The van der Waals surface area contributed by atoms with Crippen LogP contribution in [0.15, 0.2) is 128 Å². The van der Waals surface area contributed by atoms with Crippen molar-refractivity contribution in [3.05, 3.63) is 128 Å². The van der Waals surface area contributed by atoms with E-state index in [9.17, 15) is 0 Å². The third-order valence-electron chi connectivity index (χ3n) is 5.60. The number of nitrogens with zero attached hydrogens (tertiary/aromatic N) is 5. The number of rotatable bonds is 5. The average Bonchev–Trinajstić information content (AvgIpc) is 3.56. The third-order valence-corrected chi connectivity index (χ3v) is 5.60. The first-order valence-electron chi connectivity index (χ1n) is 10.9. The van der Waals surface area contributed by atoms with Gasteiger partial charge in [0.2, 0.25) is 0 Å². The zero-order valence-corrected chi connectivity index (χ0v) is 17.9. The van der Waals surface area contributed by atoms with Crippen LogP contribution in [0.3, 0.4) is 0 Å². The molecule has 0 bridgehead atoms. The Kier molecular flexibility index (Phi) is 4.70. The molecule has 0 fully saturated rings. The van der Waals surface area contributed by atoms with Gasteiger partial charge in [0.25, 0.3) is 0 Å². The van der Waals surface area contributed by atoms with Gasteiger partial charge in [-0.2, -0.15) is 5.10 Å². The predicted molar refractivity (Wildman–Crippen MR) is 133 cm³/mol. The number of pyridine rings is 1. The quantitative estimate of drug-likeness (QED) is 0.308. The Hall–Kier alpha value is -4.64. The fourth-order valence-corrected chi connectivity index (χ4v) is 4.04. The first kappa shape index (κ1) is 19.1. The van der Waals surface area contributed by atoms with Crippen molar-refractivity contribution in [2.45, 2.75) is 0 Å². The summed E-state index contributed by atoms with van der Waals surface area (Å²) >= 11 is 0. The third kappa shape index (κ3) is 3.66. The highest BCUT2D eigenvalue weighted by atomic mass is 15.3. The van der Waals surface area contributed by atoms with Crippen molar-refractivity contribution in [2.75, 3.05) is 4.90 Å². The summed E-state index contributed by atoms with van der Waals surface area (Å²) in [6.07, 6.45) is 6.11. The van der Waals surface area contributed by atoms with E-state index in [4.69, 9.17) is 10.1 Å². The minimum absolute atomic E-state index is 0.770. The summed E-state index contributed by atoms with van der Waals surface area (Å²) in [5, 5.41) is 5.80. The van der Waals surface area contributed by atoms with Gasteiger partial charge in [-0.05, 0) is 60.7 Å². The van der Waals surface area contributed by atoms with Crippen LogP contribution in [-0.4, -0.2) is 19.3 Å². The summed E-state index contributed by atoms with van der Waals surface area (Å²) in [7, 11) is 0. The molecule has 158 valence electrons. The number of hydrogen-bond acceptors (Lipinski definition) is 3. The SMILES string of the molecule is c1ccc(N(c2cccc(-n3cccc3)c2)c2cccc(-n3cc4ccccc4n3)n2)cc1. The summed E-state index contributed by atoms with van der Waals surface area (Å²) in [5.74, 6) is 1.59. The monoisotopic (exact) mass is 427 g/mol. The Morgan fingerprint density at radius 3 is 2.24 bits per heavy atom. The lowest BCUT2D eigenvalue weighted by Gasteiger charge is -2.25. The van der Waals surface area contributed by atoms with Gasteiger partial charge in [-0.25, -0.2) is 9.67 Å².